The van der Waals surface area contributed by atoms with Crippen molar-refractivity contribution < 1.29 is 9.53 Å². The fraction of sp³-hybridized carbons (Fsp3) is 0.214. The molecule has 0 saturated carbocycles. The van der Waals surface area contributed by atoms with E-state index < -0.39 is 0 Å². The van der Waals surface area contributed by atoms with Crippen LogP contribution in [0.25, 0.3) is 16.9 Å². The van der Waals surface area contributed by atoms with E-state index in [1.807, 2.05) is 31.2 Å². The molecular weight excluding hydrogens is 442 g/mol. The smallest absolute Gasteiger partial charge is 0.220 e. The van der Waals surface area contributed by atoms with E-state index in [-0.39, 0.29) is 5.91 Å². The Labute approximate surface area is 205 Å². The Kier molecular flexibility index (Phi) is 7.70. The fourth-order valence-corrected chi connectivity index (χ4v) is 4.32. The highest BCUT2D eigenvalue weighted by Gasteiger charge is 2.14. The molecule has 0 bridgehead atoms. The summed E-state index contributed by atoms with van der Waals surface area (Å²) in [5, 5.41) is 3.01. The van der Waals surface area contributed by atoms with Crippen LogP contribution < -0.4 is 10.1 Å². The minimum atomic E-state index is 0.0153. The Morgan fingerprint density at radius 2 is 1.79 bits per heavy atom. The first-order chi connectivity index (χ1) is 16.6. The van der Waals surface area contributed by atoms with E-state index in [4.69, 9.17) is 4.74 Å². The molecule has 6 heteroatoms. The van der Waals surface area contributed by atoms with Gasteiger partial charge in [-0.05, 0) is 97.5 Å². The number of thioether (sulfide) groups is 1. The summed E-state index contributed by atoms with van der Waals surface area (Å²) in [7, 11) is 1.67. The molecule has 0 aliphatic carbocycles. The minimum absolute atomic E-state index is 0.0153. The van der Waals surface area contributed by atoms with Gasteiger partial charge in [-0.15, -0.1) is 11.8 Å². The number of methoxy groups -OCH3 is 1. The summed E-state index contributed by atoms with van der Waals surface area (Å²) < 4.78 is 7.56. The van der Waals surface area contributed by atoms with Crippen molar-refractivity contribution in [3.63, 3.8) is 0 Å². The zero-order valence-electron chi connectivity index (χ0n) is 19.7. The van der Waals surface area contributed by atoms with Crippen LogP contribution in [-0.4, -0.2) is 28.8 Å². The molecule has 2 aromatic carbocycles. The molecule has 0 unspecified atom stereocenters. The lowest BCUT2D eigenvalue weighted by atomic mass is 10.1. The predicted molar refractivity (Wildman–Crippen MR) is 139 cm³/mol. The lowest BCUT2D eigenvalue weighted by Crippen LogP contribution is -2.24. The standard InChI is InChI=1S/C28H29N3O2S/c1-20-5-4-18-29-26(20)19-30-28(32)17-11-23-10-16-27(21-6-12-24(33-2)13-7-21)31(23)22-8-14-25(34-3)15-9-22/h4-10,12-16,18H,11,17,19H2,1-3H3,(H,30,32). The highest BCUT2D eigenvalue weighted by molar-refractivity contribution is 7.98. The van der Waals surface area contributed by atoms with Gasteiger partial charge in [-0.1, -0.05) is 6.07 Å². The zero-order valence-corrected chi connectivity index (χ0v) is 20.6. The van der Waals surface area contributed by atoms with Crippen LogP contribution >= 0.6 is 11.8 Å². The molecule has 5 nitrogen and oxygen atoms in total. The van der Waals surface area contributed by atoms with Gasteiger partial charge in [-0.3, -0.25) is 9.78 Å². The normalized spacial score (nSPS) is 10.8. The first kappa shape index (κ1) is 23.6. The number of aromatic nitrogens is 2. The number of nitrogens with one attached hydrogen (secondary N) is 1. The molecule has 0 aliphatic rings. The number of hydrogen-bond donors (Lipinski definition) is 1. The van der Waals surface area contributed by atoms with Crippen LogP contribution in [0.3, 0.4) is 0 Å². The molecule has 4 rings (SSSR count). The SMILES string of the molecule is COc1ccc(-c2ccc(CCC(=O)NCc3ncccc3C)n2-c2ccc(SC)cc2)cc1. The Hall–Kier alpha value is -3.51. The van der Waals surface area contributed by atoms with E-state index in [9.17, 15) is 4.79 Å². The third-order valence-corrected chi connectivity index (χ3v) is 6.60. The van der Waals surface area contributed by atoms with Gasteiger partial charge in [0.15, 0.2) is 0 Å². The fourth-order valence-electron chi connectivity index (χ4n) is 3.91. The number of amides is 1. The average Bonchev–Trinajstić information content (AvgIpc) is 3.31. The van der Waals surface area contributed by atoms with Crippen LogP contribution in [0.1, 0.15) is 23.4 Å². The molecule has 1 amide bonds. The van der Waals surface area contributed by atoms with Crippen molar-refractivity contribution in [1.82, 2.24) is 14.9 Å². The van der Waals surface area contributed by atoms with Crippen LogP contribution in [0.5, 0.6) is 5.75 Å². The number of rotatable bonds is 9. The maximum absolute atomic E-state index is 12.6. The molecule has 4 aromatic rings. The molecule has 2 heterocycles. The van der Waals surface area contributed by atoms with Crippen molar-refractivity contribution >= 4 is 17.7 Å². The van der Waals surface area contributed by atoms with E-state index in [0.29, 0.717) is 19.4 Å². The molecule has 0 saturated heterocycles. The van der Waals surface area contributed by atoms with E-state index in [1.54, 1.807) is 25.1 Å². The summed E-state index contributed by atoms with van der Waals surface area (Å²) >= 11 is 1.72. The molecule has 0 spiro atoms. The summed E-state index contributed by atoms with van der Waals surface area (Å²) in [5.74, 6) is 0.841. The maximum Gasteiger partial charge on any atom is 0.220 e. The number of hydrogen-bond acceptors (Lipinski definition) is 4. The Morgan fingerprint density at radius 3 is 2.47 bits per heavy atom. The summed E-state index contributed by atoms with van der Waals surface area (Å²) in [5.41, 5.74) is 6.32. The minimum Gasteiger partial charge on any atom is -0.497 e. The highest BCUT2D eigenvalue weighted by atomic mass is 32.2. The molecule has 34 heavy (non-hydrogen) atoms. The predicted octanol–water partition coefficient (Wildman–Crippen LogP) is 5.83. The second-order valence-corrected chi connectivity index (χ2v) is 8.90. The number of aryl methyl sites for hydroxylation is 2. The van der Waals surface area contributed by atoms with Gasteiger partial charge in [0.2, 0.25) is 5.91 Å². The van der Waals surface area contributed by atoms with Gasteiger partial charge in [0, 0.05) is 28.9 Å². The highest BCUT2D eigenvalue weighted by Crippen LogP contribution is 2.29. The Bertz CT molecular complexity index is 1250. The molecule has 174 valence electrons. The van der Waals surface area contributed by atoms with Crippen LogP contribution in [0.2, 0.25) is 0 Å². The third-order valence-electron chi connectivity index (χ3n) is 5.86. The van der Waals surface area contributed by atoms with Gasteiger partial charge in [0.05, 0.1) is 25.0 Å². The third kappa shape index (κ3) is 5.51. The van der Waals surface area contributed by atoms with Crippen molar-refractivity contribution in [3.05, 3.63) is 95.9 Å². The van der Waals surface area contributed by atoms with E-state index >= 15 is 0 Å². The largest absolute Gasteiger partial charge is 0.497 e. The number of carbonyl (C=O) groups excluding carboxylic acids is 1. The maximum atomic E-state index is 12.6. The van der Waals surface area contributed by atoms with Crippen LogP contribution in [0.4, 0.5) is 0 Å². The van der Waals surface area contributed by atoms with Gasteiger partial charge in [-0.25, -0.2) is 0 Å². The zero-order chi connectivity index (χ0) is 23.9. The van der Waals surface area contributed by atoms with Gasteiger partial charge in [0.1, 0.15) is 5.75 Å². The van der Waals surface area contributed by atoms with Crippen molar-refractivity contribution in [3.8, 4) is 22.7 Å². The summed E-state index contributed by atoms with van der Waals surface area (Å²) in [4.78, 5) is 18.2. The van der Waals surface area contributed by atoms with Gasteiger partial charge >= 0.3 is 0 Å². The molecule has 1 N–H and O–H groups in total. The second-order valence-electron chi connectivity index (χ2n) is 8.02. The second kappa shape index (κ2) is 11.1. The number of nitrogens with zero attached hydrogens (tertiary/aromatic N) is 2. The van der Waals surface area contributed by atoms with Crippen LogP contribution in [-0.2, 0) is 17.8 Å². The quantitative estimate of drug-likeness (QED) is 0.312. The first-order valence-corrected chi connectivity index (χ1v) is 12.5. The monoisotopic (exact) mass is 471 g/mol. The van der Waals surface area contributed by atoms with Crippen molar-refractivity contribution in [2.45, 2.75) is 31.2 Å². The Morgan fingerprint density at radius 1 is 1.03 bits per heavy atom. The average molecular weight is 472 g/mol. The summed E-state index contributed by atoms with van der Waals surface area (Å²) in [6.45, 7) is 2.45. The van der Waals surface area contributed by atoms with Crippen LogP contribution in [0.15, 0.2) is 83.9 Å². The van der Waals surface area contributed by atoms with Gasteiger partial charge in [-0.2, -0.15) is 0 Å². The van der Waals surface area contributed by atoms with Crippen molar-refractivity contribution in [1.29, 1.82) is 0 Å². The van der Waals surface area contributed by atoms with Crippen molar-refractivity contribution in [2.75, 3.05) is 13.4 Å². The van der Waals surface area contributed by atoms with E-state index in [2.05, 4.69) is 69.7 Å². The molecule has 0 fully saturated rings. The number of ether oxygens (including phenoxy) is 1. The topological polar surface area (TPSA) is 56.1 Å². The van der Waals surface area contributed by atoms with Gasteiger partial charge in [0.25, 0.3) is 0 Å². The number of carbonyl (C=O) groups is 1. The molecule has 0 radical (unpaired) electrons. The summed E-state index contributed by atoms with van der Waals surface area (Å²) in [6.07, 6.45) is 4.86. The number of benzene rings is 2. The number of pyridine rings is 1. The van der Waals surface area contributed by atoms with Gasteiger partial charge < -0.3 is 14.6 Å². The van der Waals surface area contributed by atoms with E-state index in [1.165, 1.54) is 4.90 Å². The van der Waals surface area contributed by atoms with Crippen LogP contribution in [0, 0.1) is 6.92 Å². The molecular formula is C28H29N3O2S. The lowest BCUT2D eigenvalue weighted by molar-refractivity contribution is -0.121. The molecule has 2 aromatic heterocycles. The van der Waals surface area contributed by atoms with Crippen molar-refractivity contribution in [2.24, 2.45) is 0 Å². The molecule has 0 atom stereocenters. The lowest BCUT2D eigenvalue weighted by Gasteiger charge is -2.15. The Balaban J connectivity index is 1.55. The summed E-state index contributed by atoms with van der Waals surface area (Å²) in [6, 6.07) is 24.7. The van der Waals surface area contributed by atoms with E-state index in [0.717, 1.165) is 39.6 Å². The first-order valence-electron chi connectivity index (χ1n) is 11.3. The molecule has 0 aliphatic heterocycles.